The second-order valence-corrected chi connectivity index (χ2v) is 4.05. The largest absolute Gasteiger partial charge is 0.435 e. The van der Waals surface area contributed by atoms with Gasteiger partial charge in [0.15, 0.2) is 0 Å². The average Bonchev–Trinajstić information content (AvgIpc) is 2.39. The number of aryl methyl sites for hydroxylation is 1. The van der Waals surface area contributed by atoms with Crippen LogP contribution in [0.3, 0.4) is 0 Å². The molecule has 4 nitrogen and oxygen atoms in total. The molecule has 0 radical (unpaired) electrons. The summed E-state index contributed by atoms with van der Waals surface area (Å²) < 4.78 is 53.5. The van der Waals surface area contributed by atoms with Crippen molar-refractivity contribution < 1.29 is 22.3 Å². The Morgan fingerprint density at radius 1 is 1.05 bits per heavy atom. The fraction of sp³-hybridized carbons (Fsp3) is 0.231. The van der Waals surface area contributed by atoms with Crippen LogP contribution in [-0.4, -0.2) is 16.6 Å². The Morgan fingerprint density at radius 3 is 2.29 bits per heavy atom. The summed E-state index contributed by atoms with van der Waals surface area (Å²) in [6.45, 7) is -1.40. The van der Waals surface area contributed by atoms with Crippen molar-refractivity contribution in [2.75, 3.05) is 5.32 Å². The highest BCUT2D eigenvalue weighted by molar-refractivity contribution is 5.57. The SMILES string of the molecule is Cc1nc(Nc2ccc(OC(F)F)cc2)cc(C(F)F)n1. The molecule has 8 heteroatoms. The first-order chi connectivity index (χ1) is 9.94. The number of nitrogens with zero attached hydrogens (tertiary/aromatic N) is 2. The van der Waals surface area contributed by atoms with Crippen LogP contribution in [0, 0.1) is 6.92 Å². The number of anilines is 2. The maximum absolute atomic E-state index is 12.6. The maximum Gasteiger partial charge on any atom is 0.387 e. The van der Waals surface area contributed by atoms with Crippen molar-refractivity contribution in [2.24, 2.45) is 0 Å². The monoisotopic (exact) mass is 301 g/mol. The summed E-state index contributed by atoms with van der Waals surface area (Å²) in [5.74, 6) is 0.399. The number of nitrogens with one attached hydrogen (secondary N) is 1. The minimum absolute atomic E-state index is 0.00249. The second kappa shape index (κ2) is 6.38. The van der Waals surface area contributed by atoms with Gasteiger partial charge in [0.1, 0.15) is 23.1 Å². The summed E-state index contributed by atoms with van der Waals surface area (Å²) in [6.07, 6.45) is -2.70. The summed E-state index contributed by atoms with van der Waals surface area (Å²) in [5, 5.41) is 2.79. The number of halogens is 4. The van der Waals surface area contributed by atoms with Crippen molar-refractivity contribution in [3.63, 3.8) is 0 Å². The van der Waals surface area contributed by atoms with Crippen LogP contribution in [0.25, 0.3) is 0 Å². The molecule has 0 atom stereocenters. The van der Waals surface area contributed by atoms with E-state index in [4.69, 9.17) is 0 Å². The van der Waals surface area contributed by atoms with Gasteiger partial charge < -0.3 is 10.1 Å². The fourth-order valence-electron chi connectivity index (χ4n) is 1.63. The molecule has 2 rings (SSSR count). The molecular formula is C13H11F4N3O. The van der Waals surface area contributed by atoms with Gasteiger partial charge in [0.05, 0.1) is 0 Å². The topological polar surface area (TPSA) is 47.0 Å². The molecule has 0 amide bonds. The van der Waals surface area contributed by atoms with Crippen LogP contribution < -0.4 is 10.1 Å². The number of ether oxygens (including phenoxy) is 1. The molecule has 0 bridgehead atoms. The Morgan fingerprint density at radius 2 is 1.71 bits per heavy atom. The van der Waals surface area contributed by atoms with Crippen LogP contribution in [0.5, 0.6) is 5.75 Å². The van der Waals surface area contributed by atoms with E-state index in [0.717, 1.165) is 6.07 Å². The van der Waals surface area contributed by atoms with Gasteiger partial charge in [0.2, 0.25) is 0 Å². The summed E-state index contributed by atoms with van der Waals surface area (Å²) in [4.78, 5) is 7.59. The third-order valence-electron chi connectivity index (χ3n) is 2.43. The van der Waals surface area contributed by atoms with Crippen molar-refractivity contribution in [3.8, 4) is 5.75 Å². The number of alkyl halides is 4. The Hall–Kier alpha value is -2.38. The first-order valence-corrected chi connectivity index (χ1v) is 5.89. The Labute approximate surface area is 117 Å². The van der Waals surface area contributed by atoms with E-state index in [1.165, 1.54) is 31.2 Å². The van der Waals surface area contributed by atoms with Crippen molar-refractivity contribution in [1.29, 1.82) is 0 Å². The quantitative estimate of drug-likeness (QED) is 0.846. The van der Waals surface area contributed by atoms with Crippen molar-refractivity contribution in [1.82, 2.24) is 9.97 Å². The van der Waals surface area contributed by atoms with E-state index in [1.807, 2.05) is 0 Å². The Balaban J connectivity index is 2.14. The van der Waals surface area contributed by atoms with E-state index in [0.29, 0.717) is 5.69 Å². The molecule has 0 aliphatic carbocycles. The number of benzene rings is 1. The first kappa shape index (κ1) is 15.0. The molecule has 1 aromatic carbocycles. The average molecular weight is 301 g/mol. The highest BCUT2D eigenvalue weighted by atomic mass is 19.3. The zero-order valence-corrected chi connectivity index (χ0v) is 10.9. The molecular weight excluding hydrogens is 290 g/mol. The number of aromatic nitrogens is 2. The number of rotatable bonds is 5. The lowest BCUT2D eigenvalue weighted by Crippen LogP contribution is -2.03. The van der Waals surface area contributed by atoms with Crippen LogP contribution in [-0.2, 0) is 0 Å². The van der Waals surface area contributed by atoms with E-state index in [-0.39, 0.29) is 23.1 Å². The van der Waals surface area contributed by atoms with Crippen LogP contribution >= 0.6 is 0 Å². The molecule has 0 fully saturated rings. The number of hydrogen-bond donors (Lipinski definition) is 1. The van der Waals surface area contributed by atoms with Gasteiger partial charge >= 0.3 is 6.61 Å². The minimum atomic E-state index is -2.90. The molecule has 0 unspecified atom stereocenters. The van der Waals surface area contributed by atoms with E-state index < -0.39 is 13.0 Å². The molecule has 0 spiro atoms. The maximum atomic E-state index is 12.6. The molecule has 2 aromatic rings. The van der Waals surface area contributed by atoms with Gasteiger partial charge in [-0.1, -0.05) is 0 Å². The zero-order valence-electron chi connectivity index (χ0n) is 10.9. The van der Waals surface area contributed by atoms with Gasteiger partial charge in [-0.2, -0.15) is 8.78 Å². The van der Waals surface area contributed by atoms with Crippen LogP contribution in [0.2, 0.25) is 0 Å². The summed E-state index contributed by atoms with van der Waals surface area (Å²) in [5.41, 5.74) is 0.109. The predicted octanol–water partition coefficient (Wildman–Crippen LogP) is 4.07. The molecule has 0 aliphatic heterocycles. The molecule has 0 aliphatic rings. The van der Waals surface area contributed by atoms with E-state index in [9.17, 15) is 17.6 Å². The van der Waals surface area contributed by atoms with E-state index in [2.05, 4.69) is 20.0 Å². The number of hydrogen-bond acceptors (Lipinski definition) is 4. The lowest BCUT2D eigenvalue weighted by Gasteiger charge is -2.09. The van der Waals surface area contributed by atoms with Crippen LogP contribution in [0.1, 0.15) is 17.9 Å². The second-order valence-electron chi connectivity index (χ2n) is 4.05. The van der Waals surface area contributed by atoms with Crippen molar-refractivity contribution >= 4 is 11.5 Å². The lowest BCUT2D eigenvalue weighted by molar-refractivity contribution is -0.0498. The van der Waals surface area contributed by atoms with Crippen molar-refractivity contribution in [2.45, 2.75) is 20.0 Å². The van der Waals surface area contributed by atoms with Crippen LogP contribution in [0.15, 0.2) is 30.3 Å². The predicted molar refractivity (Wildman–Crippen MR) is 68.1 cm³/mol. The highest BCUT2D eigenvalue weighted by Crippen LogP contribution is 2.23. The Bertz CT molecular complexity index is 605. The summed E-state index contributed by atoms with van der Waals surface area (Å²) in [7, 11) is 0. The first-order valence-electron chi connectivity index (χ1n) is 5.89. The van der Waals surface area contributed by atoms with Gasteiger partial charge in [-0.3, -0.25) is 0 Å². The molecule has 0 saturated heterocycles. The molecule has 112 valence electrons. The van der Waals surface area contributed by atoms with Gasteiger partial charge in [0.25, 0.3) is 6.43 Å². The normalized spacial score (nSPS) is 11.0. The smallest absolute Gasteiger partial charge is 0.387 e. The van der Waals surface area contributed by atoms with E-state index in [1.54, 1.807) is 0 Å². The van der Waals surface area contributed by atoms with Gasteiger partial charge in [-0.25, -0.2) is 18.7 Å². The standard InChI is InChI=1S/C13H11F4N3O/c1-7-18-10(12(14)15)6-11(19-7)20-8-2-4-9(5-3-8)21-13(16)17/h2-6,12-13H,1H3,(H,18,19,20). The van der Waals surface area contributed by atoms with E-state index >= 15 is 0 Å². The summed E-state index contributed by atoms with van der Waals surface area (Å²) >= 11 is 0. The lowest BCUT2D eigenvalue weighted by atomic mass is 10.3. The van der Waals surface area contributed by atoms with Gasteiger partial charge in [0, 0.05) is 11.8 Å². The van der Waals surface area contributed by atoms with Gasteiger partial charge in [-0.05, 0) is 31.2 Å². The molecule has 21 heavy (non-hydrogen) atoms. The Kier molecular flexibility index (Phi) is 4.56. The fourth-order valence-corrected chi connectivity index (χ4v) is 1.63. The molecule has 1 heterocycles. The highest BCUT2D eigenvalue weighted by Gasteiger charge is 2.12. The molecule has 0 saturated carbocycles. The summed E-state index contributed by atoms with van der Waals surface area (Å²) in [6, 6.07) is 6.72. The third kappa shape index (κ3) is 4.30. The van der Waals surface area contributed by atoms with Crippen molar-refractivity contribution in [3.05, 3.63) is 41.9 Å². The zero-order chi connectivity index (χ0) is 15.4. The molecule has 1 N–H and O–H groups in total. The van der Waals surface area contributed by atoms with Gasteiger partial charge in [-0.15, -0.1) is 0 Å². The minimum Gasteiger partial charge on any atom is -0.435 e. The molecule has 1 aromatic heterocycles. The van der Waals surface area contributed by atoms with Crippen LogP contribution in [0.4, 0.5) is 29.1 Å². The third-order valence-corrected chi connectivity index (χ3v) is 2.43.